The van der Waals surface area contributed by atoms with Crippen LogP contribution in [0.15, 0.2) is 48.5 Å². The second-order valence-electron chi connectivity index (χ2n) is 7.13. The molecule has 3 nitrogen and oxygen atoms in total. The molecule has 0 fully saturated rings. The van der Waals surface area contributed by atoms with Crippen LogP contribution in [0.5, 0.6) is 0 Å². The van der Waals surface area contributed by atoms with Crippen molar-refractivity contribution in [3.05, 3.63) is 57.7 Å². The van der Waals surface area contributed by atoms with Gasteiger partial charge in [0.15, 0.2) is 5.78 Å². The van der Waals surface area contributed by atoms with Crippen molar-refractivity contribution in [2.24, 2.45) is 0 Å². The number of unbranched alkanes of at least 4 members (excludes halogenated alkanes) is 5. The van der Waals surface area contributed by atoms with Crippen LogP contribution in [0, 0.1) is 3.57 Å². The highest BCUT2D eigenvalue weighted by atomic mass is 123. The Bertz CT molecular complexity index is 738. The first-order chi connectivity index (χ1) is 13.6. The fourth-order valence-corrected chi connectivity index (χ4v) is 3.44. The highest BCUT2D eigenvalue weighted by molar-refractivity contribution is 14.1. The van der Waals surface area contributed by atoms with E-state index in [0.717, 1.165) is 24.0 Å². The summed E-state index contributed by atoms with van der Waals surface area (Å²) in [6, 6.07) is 15.9. The van der Waals surface area contributed by atoms with Crippen molar-refractivity contribution in [1.29, 1.82) is 0 Å². The Labute approximate surface area is 182 Å². The van der Waals surface area contributed by atoms with Crippen LogP contribution in [0.4, 0.5) is 0 Å². The molecular formula is C24H30INO2. The molecule has 1 amide bonds. The lowest BCUT2D eigenvalue weighted by Crippen LogP contribution is -2.24. The molecule has 0 aliphatic rings. The maximum absolute atomic E-state index is 12.3. The lowest BCUT2D eigenvalue weighted by molar-refractivity contribution is -0.121. The molecular weight excluding hydrogens is 457 g/mol. The summed E-state index contributed by atoms with van der Waals surface area (Å²) in [4.78, 5) is 24.3. The second-order valence-corrected chi connectivity index (χ2v) is 8.37. The van der Waals surface area contributed by atoms with E-state index in [9.17, 15) is 9.59 Å². The maximum atomic E-state index is 12.3. The van der Waals surface area contributed by atoms with Gasteiger partial charge in [0.2, 0.25) is 5.91 Å². The number of benzene rings is 2. The summed E-state index contributed by atoms with van der Waals surface area (Å²) in [6.45, 7) is 2.92. The Hall–Kier alpha value is -1.69. The molecule has 2 rings (SSSR count). The molecule has 0 unspecified atom stereocenters. The van der Waals surface area contributed by atoms with E-state index in [1.165, 1.54) is 29.3 Å². The van der Waals surface area contributed by atoms with Gasteiger partial charge in [-0.3, -0.25) is 9.59 Å². The number of hydrogen-bond acceptors (Lipinski definition) is 2. The number of hydrogen-bond donors (Lipinski definition) is 1. The molecule has 0 aliphatic carbocycles. The summed E-state index contributed by atoms with van der Waals surface area (Å²) in [7, 11) is 0. The van der Waals surface area contributed by atoms with Crippen LogP contribution in [0.1, 0.15) is 68.6 Å². The topological polar surface area (TPSA) is 46.2 Å². The lowest BCUT2D eigenvalue weighted by atomic mass is 10.0. The normalized spacial score (nSPS) is 10.6. The summed E-state index contributed by atoms with van der Waals surface area (Å²) in [5.41, 5.74) is 2.89. The van der Waals surface area contributed by atoms with Gasteiger partial charge >= 0.3 is 0 Å². The second kappa shape index (κ2) is 12.7. The third-order valence-electron chi connectivity index (χ3n) is 4.82. The van der Waals surface area contributed by atoms with Crippen LogP contribution >= 0.6 is 22.6 Å². The SMILES string of the molecule is CCCCCCCCNC(=O)CCC(=O)c1ccc(-c2ccc([123I])cc2)cc1. The molecule has 0 spiro atoms. The highest BCUT2D eigenvalue weighted by Gasteiger charge is 2.09. The van der Waals surface area contributed by atoms with Crippen molar-refractivity contribution in [2.75, 3.05) is 6.54 Å². The molecule has 0 radical (unpaired) electrons. The zero-order chi connectivity index (χ0) is 20.2. The molecule has 28 heavy (non-hydrogen) atoms. The standard InChI is InChI=1S/C24H30INO2/c1-2-3-4-5-6-7-18-26-24(28)17-16-23(27)21-10-8-19(9-11-21)20-12-14-22(25)15-13-20/h8-15H,2-7,16-18H2,1H3,(H,26,28)/i25-4. The quantitative estimate of drug-likeness (QED) is 0.214. The van der Waals surface area contributed by atoms with E-state index < -0.39 is 0 Å². The largest absolute Gasteiger partial charge is 0.356 e. The predicted octanol–water partition coefficient (Wildman–Crippen LogP) is 6.40. The summed E-state index contributed by atoms with van der Waals surface area (Å²) in [5, 5.41) is 2.92. The Morgan fingerprint density at radius 2 is 1.36 bits per heavy atom. The summed E-state index contributed by atoms with van der Waals surface area (Å²) in [6.07, 6.45) is 7.75. The average Bonchev–Trinajstić information content (AvgIpc) is 2.72. The Balaban J connectivity index is 1.69. The molecule has 1 N–H and O–H groups in total. The van der Waals surface area contributed by atoms with Gasteiger partial charge in [-0.15, -0.1) is 0 Å². The molecule has 0 saturated heterocycles. The van der Waals surface area contributed by atoms with Crippen molar-refractivity contribution in [2.45, 2.75) is 58.3 Å². The predicted molar refractivity (Wildman–Crippen MR) is 125 cm³/mol. The van der Waals surface area contributed by atoms with E-state index in [4.69, 9.17) is 0 Å². The van der Waals surface area contributed by atoms with Crippen molar-refractivity contribution in [3.63, 3.8) is 0 Å². The minimum Gasteiger partial charge on any atom is -0.356 e. The number of Topliss-reactive ketones (excluding diaryl/α,β-unsaturated/α-hetero) is 1. The van der Waals surface area contributed by atoms with Crippen LogP contribution in [-0.4, -0.2) is 18.2 Å². The molecule has 2 aromatic carbocycles. The Kier molecular flexibility index (Phi) is 10.3. The summed E-state index contributed by atoms with van der Waals surface area (Å²) >= 11 is 2.28. The molecule has 0 atom stereocenters. The smallest absolute Gasteiger partial charge is 0.220 e. The molecule has 0 bridgehead atoms. The van der Waals surface area contributed by atoms with E-state index >= 15 is 0 Å². The first-order valence-electron chi connectivity index (χ1n) is 10.3. The zero-order valence-electron chi connectivity index (χ0n) is 16.7. The number of ketones is 1. The van der Waals surface area contributed by atoms with Gasteiger partial charge in [-0.25, -0.2) is 0 Å². The lowest BCUT2D eigenvalue weighted by Gasteiger charge is -2.06. The number of nitrogens with one attached hydrogen (secondary N) is 1. The third kappa shape index (κ3) is 8.13. The number of carbonyl (C=O) groups excluding carboxylic acids is 2. The summed E-state index contributed by atoms with van der Waals surface area (Å²) < 4.78 is 1.20. The van der Waals surface area contributed by atoms with Gasteiger partial charge in [0, 0.05) is 28.5 Å². The molecule has 0 aromatic heterocycles. The van der Waals surface area contributed by atoms with Gasteiger partial charge in [0.25, 0.3) is 0 Å². The number of rotatable bonds is 12. The summed E-state index contributed by atoms with van der Waals surface area (Å²) in [5.74, 6) is -0.0127. The molecule has 0 aliphatic heterocycles. The van der Waals surface area contributed by atoms with Crippen LogP contribution in [0.3, 0.4) is 0 Å². The molecule has 0 saturated carbocycles. The Morgan fingerprint density at radius 1 is 0.786 bits per heavy atom. The fourth-order valence-electron chi connectivity index (χ4n) is 3.08. The van der Waals surface area contributed by atoms with Gasteiger partial charge in [0.1, 0.15) is 0 Å². The maximum Gasteiger partial charge on any atom is 0.220 e. The number of amides is 1. The number of halogens is 1. The van der Waals surface area contributed by atoms with Crippen LogP contribution in [0.2, 0.25) is 0 Å². The van der Waals surface area contributed by atoms with Crippen molar-refractivity contribution >= 4 is 34.3 Å². The van der Waals surface area contributed by atoms with Gasteiger partial charge < -0.3 is 5.32 Å². The number of carbonyl (C=O) groups is 2. The van der Waals surface area contributed by atoms with E-state index in [0.29, 0.717) is 12.1 Å². The molecule has 4 heteroatoms. The first kappa shape index (κ1) is 22.6. The third-order valence-corrected chi connectivity index (χ3v) is 5.54. The molecule has 150 valence electrons. The van der Waals surface area contributed by atoms with E-state index in [2.05, 4.69) is 59.1 Å². The molecule has 0 heterocycles. The van der Waals surface area contributed by atoms with Crippen LogP contribution in [0.25, 0.3) is 11.1 Å². The monoisotopic (exact) mass is 487 g/mol. The Morgan fingerprint density at radius 3 is 2.00 bits per heavy atom. The van der Waals surface area contributed by atoms with Gasteiger partial charge in [-0.2, -0.15) is 0 Å². The van der Waals surface area contributed by atoms with Crippen molar-refractivity contribution in [1.82, 2.24) is 5.32 Å². The molecule has 2 aromatic rings. The minimum absolute atomic E-state index is 0.0175. The van der Waals surface area contributed by atoms with Gasteiger partial charge in [-0.05, 0) is 52.3 Å². The minimum atomic E-state index is -0.0302. The first-order valence-corrected chi connectivity index (χ1v) is 11.3. The van der Waals surface area contributed by atoms with E-state index in [-0.39, 0.29) is 24.5 Å². The van der Waals surface area contributed by atoms with Crippen molar-refractivity contribution < 1.29 is 9.59 Å². The fraction of sp³-hybridized carbons (Fsp3) is 0.417. The van der Waals surface area contributed by atoms with Crippen LogP contribution < -0.4 is 5.32 Å². The van der Waals surface area contributed by atoms with Gasteiger partial charge in [-0.1, -0.05) is 75.4 Å². The van der Waals surface area contributed by atoms with E-state index in [1.807, 2.05) is 24.3 Å². The average molecular weight is 487 g/mol. The van der Waals surface area contributed by atoms with Crippen molar-refractivity contribution in [3.8, 4) is 11.1 Å². The van der Waals surface area contributed by atoms with E-state index in [1.54, 1.807) is 0 Å². The van der Waals surface area contributed by atoms with Gasteiger partial charge in [0.05, 0.1) is 0 Å². The highest BCUT2D eigenvalue weighted by Crippen LogP contribution is 2.21. The zero-order valence-corrected chi connectivity index (χ0v) is 18.8. The van der Waals surface area contributed by atoms with Crippen LogP contribution in [-0.2, 0) is 4.79 Å².